The van der Waals surface area contributed by atoms with Crippen molar-refractivity contribution in [2.75, 3.05) is 5.34 Å². The molecule has 0 saturated carbocycles. The van der Waals surface area contributed by atoms with Gasteiger partial charge in [-0.3, -0.25) is 0 Å². The highest BCUT2D eigenvalue weighted by molar-refractivity contribution is 5.94. The van der Waals surface area contributed by atoms with Crippen LogP contribution in [0.2, 0.25) is 0 Å². The van der Waals surface area contributed by atoms with Crippen molar-refractivity contribution in [3.05, 3.63) is 29.6 Å². The first-order valence-electron chi connectivity index (χ1n) is 3.17. The lowest BCUT2D eigenvalue weighted by Crippen LogP contribution is -2.08. The number of benzene rings is 1. The lowest BCUT2D eigenvalue weighted by molar-refractivity contribution is 0.0693. The third-order valence-corrected chi connectivity index (χ3v) is 1.39. The molecule has 0 heterocycles. The number of carbonyl (C=O) groups is 1. The van der Waals surface area contributed by atoms with Gasteiger partial charge in [0.1, 0.15) is 0 Å². The smallest absolute Gasteiger partial charge is 0.338 e. The molecule has 13 heavy (non-hydrogen) atoms. The fourth-order valence-corrected chi connectivity index (χ4v) is 0.860. The molecule has 3 nitrogen and oxygen atoms in total. The molecule has 0 aromatic heterocycles. The standard InChI is InChI=1S/C7H4F3NO2/c8-5-3-1-2-4(7(12)13)6(5)11(9)10/h1-3H,(H,12,13). The van der Waals surface area contributed by atoms with Crippen molar-refractivity contribution in [2.45, 2.75) is 0 Å². The number of anilines is 1. The first-order chi connectivity index (χ1) is 6.04. The number of aromatic carboxylic acids is 1. The second-order valence-corrected chi connectivity index (χ2v) is 2.17. The molecule has 6 heteroatoms. The Labute approximate surface area is 70.9 Å². The second-order valence-electron chi connectivity index (χ2n) is 2.17. The highest BCUT2D eigenvalue weighted by Crippen LogP contribution is 2.25. The summed E-state index contributed by atoms with van der Waals surface area (Å²) < 4.78 is 36.6. The Morgan fingerprint density at radius 2 is 2.00 bits per heavy atom. The molecule has 0 saturated heterocycles. The summed E-state index contributed by atoms with van der Waals surface area (Å²) in [4.78, 5) is 10.4. The zero-order chi connectivity index (χ0) is 10.0. The number of halogens is 3. The minimum Gasteiger partial charge on any atom is -0.478 e. The Balaban J connectivity index is 3.34. The van der Waals surface area contributed by atoms with Crippen LogP contribution >= 0.6 is 0 Å². The normalized spacial score (nSPS) is 9.77. The average Bonchev–Trinajstić information content (AvgIpc) is 2.02. The van der Waals surface area contributed by atoms with E-state index in [9.17, 15) is 18.1 Å². The van der Waals surface area contributed by atoms with Crippen molar-refractivity contribution in [3.63, 3.8) is 0 Å². The van der Waals surface area contributed by atoms with Gasteiger partial charge >= 0.3 is 5.97 Å². The van der Waals surface area contributed by atoms with Crippen LogP contribution in [0.3, 0.4) is 0 Å². The summed E-state index contributed by atoms with van der Waals surface area (Å²) in [5, 5.41) is 6.86. The fraction of sp³-hybridized carbons (Fsp3) is 0. The van der Waals surface area contributed by atoms with Gasteiger partial charge in [0.25, 0.3) is 0 Å². The molecule has 1 aromatic rings. The Hall–Kier alpha value is -1.72. The van der Waals surface area contributed by atoms with Crippen LogP contribution in [0.5, 0.6) is 0 Å². The van der Waals surface area contributed by atoms with Crippen LogP contribution in [0, 0.1) is 5.82 Å². The highest BCUT2D eigenvalue weighted by atomic mass is 19.4. The van der Waals surface area contributed by atoms with Gasteiger partial charge in [-0.25, -0.2) is 9.18 Å². The predicted octanol–water partition coefficient (Wildman–Crippen LogP) is 2.10. The number of rotatable bonds is 2. The van der Waals surface area contributed by atoms with Gasteiger partial charge in [-0.05, 0) is 17.5 Å². The zero-order valence-corrected chi connectivity index (χ0v) is 6.17. The highest BCUT2D eigenvalue weighted by Gasteiger charge is 2.20. The number of hydrogen-bond donors (Lipinski definition) is 1. The summed E-state index contributed by atoms with van der Waals surface area (Å²) in [5.41, 5.74) is -2.00. The van der Waals surface area contributed by atoms with Crippen molar-refractivity contribution in [1.82, 2.24) is 0 Å². The Kier molecular flexibility index (Phi) is 2.41. The van der Waals surface area contributed by atoms with Crippen LogP contribution in [-0.2, 0) is 0 Å². The van der Waals surface area contributed by atoms with Crippen LogP contribution in [0.1, 0.15) is 10.4 Å². The largest absolute Gasteiger partial charge is 0.478 e. The van der Waals surface area contributed by atoms with Gasteiger partial charge in [0.05, 0.1) is 5.56 Å². The second kappa shape index (κ2) is 3.34. The van der Waals surface area contributed by atoms with Crippen molar-refractivity contribution >= 4 is 11.7 Å². The monoisotopic (exact) mass is 191 g/mol. The maximum Gasteiger partial charge on any atom is 0.338 e. The summed E-state index contributed by atoms with van der Waals surface area (Å²) >= 11 is 0. The van der Waals surface area contributed by atoms with Crippen LogP contribution in [0.4, 0.5) is 19.0 Å². The first-order valence-corrected chi connectivity index (χ1v) is 3.17. The molecule has 0 aliphatic rings. The molecule has 0 aliphatic carbocycles. The van der Waals surface area contributed by atoms with Gasteiger partial charge in [-0.1, -0.05) is 15.0 Å². The van der Waals surface area contributed by atoms with E-state index in [1.165, 1.54) is 0 Å². The lowest BCUT2D eigenvalue weighted by Gasteiger charge is -2.06. The number of nitrogens with zero attached hydrogens (tertiary/aromatic N) is 1. The molecule has 0 aliphatic heterocycles. The minimum atomic E-state index is -1.60. The van der Waals surface area contributed by atoms with Crippen LogP contribution < -0.4 is 5.34 Å². The third kappa shape index (κ3) is 1.71. The van der Waals surface area contributed by atoms with Crippen molar-refractivity contribution < 1.29 is 23.3 Å². The van der Waals surface area contributed by atoms with Crippen LogP contribution in [0.25, 0.3) is 0 Å². The Morgan fingerprint density at radius 1 is 1.38 bits per heavy atom. The average molecular weight is 191 g/mol. The quantitative estimate of drug-likeness (QED) is 0.727. The molecule has 0 bridgehead atoms. The van der Waals surface area contributed by atoms with Gasteiger partial charge in [-0.2, -0.15) is 0 Å². The van der Waals surface area contributed by atoms with Crippen LogP contribution in [0.15, 0.2) is 18.2 Å². The summed E-state index contributed by atoms with van der Waals surface area (Å²) in [6.07, 6.45) is 0. The summed E-state index contributed by atoms with van der Waals surface area (Å²) in [5.74, 6) is -2.88. The van der Waals surface area contributed by atoms with Gasteiger partial charge in [0.2, 0.25) is 0 Å². The molecule has 0 spiro atoms. The lowest BCUT2D eigenvalue weighted by atomic mass is 10.2. The van der Waals surface area contributed by atoms with Gasteiger partial charge in [-0.15, -0.1) is 0 Å². The minimum absolute atomic E-state index is 0.758. The summed E-state index contributed by atoms with van der Waals surface area (Å²) in [6, 6.07) is 2.70. The van der Waals surface area contributed by atoms with Crippen molar-refractivity contribution in [2.24, 2.45) is 0 Å². The number of carboxylic acids is 1. The molecule has 0 amide bonds. The molecular weight excluding hydrogens is 187 g/mol. The van der Waals surface area contributed by atoms with E-state index in [1.807, 2.05) is 0 Å². The molecule has 70 valence electrons. The Morgan fingerprint density at radius 3 is 2.38 bits per heavy atom. The number of para-hydroxylation sites is 1. The van der Waals surface area contributed by atoms with E-state index >= 15 is 0 Å². The van der Waals surface area contributed by atoms with Crippen molar-refractivity contribution in [1.29, 1.82) is 0 Å². The number of hydrogen-bond acceptors (Lipinski definition) is 2. The van der Waals surface area contributed by atoms with Gasteiger partial charge in [0, 0.05) is 0 Å². The summed E-state index contributed by atoms with van der Waals surface area (Å²) in [6.45, 7) is 0. The molecule has 1 N–H and O–H groups in total. The SMILES string of the molecule is O=C(O)c1cccc(F)c1N(F)F. The molecule has 0 fully saturated rings. The predicted molar refractivity (Wildman–Crippen MR) is 38.1 cm³/mol. The van der Waals surface area contributed by atoms with E-state index in [0.717, 1.165) is 18.2 Å². The summed E-state index contributed by atoms with van der Waals surface area (Å²) in [7, 11) is 0. The van der Waals surface area contributed by atoms with Crippen LogP contribution in [-0.4, -0.2) is 11.1 Å². The van der Waals surface area contributed by atoms with E-state index in [2.05, 4.69) is 0 Å². The molecular formula is C7H4F3NO2. The topological polar surface area (TPSA) is 40.5 Å². The van der Waals surface area contributed by atoms with E-state index in [-0.39, 0.29) is 0 Å². The maximum atomic E-state index is 12.7. The number of carboxylic acid groups (broad SMARTS) is 1. The fourth-order valence-electron chi connectivity index (χ4n) is 0.860. The molecule has 1 rings (SSSR count). The molecule has 0 radical (unpaired) electrons. The first kappa shape index (κ1) is 9.37. The van der Waals surface area contributed by atoms with Gasteiger partial charge < -0.3 is 5.11 Å². The molecule has 0 atom stereocenters. The van der Waals surface area contributed by atoms with E-state index in [0.29, 0.717) is 0 Å². The van der Waals surface area contributed by atoms with E-state index in [4.69, 9.17) is 5.11 Å². The molecule has 0 unspecified atom stereocenters. The van der Waals surface area contributed by atoms with E-state index in [1.54, 1.807) is 0 Å². The van der Waals surface area contributed by atoms with E-state index < -0.39 is 28.4 Å². The molecule has 1 aromatic carbocycles. The third-order valence-electron chi connectivity index (χ3n) is 1.39. The zero-order valence-electron chi connectivity index (χ0n) is 6.17. The maximum absolute atomic E-state index is 12.7. The van der Waals surface area contributed by atoms with Gasteiger partial charge in [0.15, 0.2) is 11.5 Å². The van der Waals surface area contributed by atoms with Crippen molar-refractivity contribution in [3.8, 4) is 0 Å². The Bertz CT molecular complexity index is 341.